The summed E-state index contributed by atoms with van der Waals surface area (Å²) in [5.41, 5.74) is 2.95. The smallest absolute Gasteiger partial charge is 0.343 e. The first kappa shape index (κ1) is 25.5. The van der Waals surface area contributed by atoms with Crippen LogP contribution in [0.1, 0.15) is 34.6 Å². The molecule has 0 radical (unpaired) electrons. The maximum absolute atomic E-state index is 13.0. The number of aromatic nitrogens is 1. The van der Waals surface area contributed by atoms with E-state index in [1.165, 1.54) is 0 Å². The Labute approximate surface area is 225 Å². The zero-order valence-electron chi connectivity index (χ0n) is 21.5. The van der Waals surface area contributed by atoms with Gasteiger partial charge in [0.2, 0.25) is 5.89 Å². The Bertz CT molecular complexity index is 1570. The number of carbonyl (C=O) groups excluding carboxylic acids is 2. The molecule has 8 nitrogen and oxygen atoms in total. The first-order valence-corrected chi connectivity index (χ1v) is 12.5. The van der Waals surface area contributed by atoms with Crippen LogP contribution in [0.2, 0.25) is 0 Å². The zero-order valence-corrected chi connectivity index (χ0v) is 21.5. The van der Waals surface area contributed by atoms with Gasteiger partial charge in [0.25, 0.3) is 5.91 Å². The lowest BCUT2D eigenvalue weighted by atomic mass is 10.1. The molecule has 0 aliphatic heterocycles. The molecule has 0 unspecified atom stereocenters. The summed E-state index contributed by atoms with van der Waals surface area (Å²) < 4.78 is 22.6. The highest BCUT2D eigenvalue weighted by molar-refractivity contribution is 6.04. The minimum absolute atomic E-state index is 0.236. The van der Waals surface area contributed by atoms with E-state index in [0.29, 0.717) is 58.2 Å². The van der Waals surface area contributed by atoms with E-state index in [2.05, 4.69) is 10.3 Å². The molecule has 5 rings (SSSR count). The Morgan fingerprint density at radius 3 is 2.08 bits per heavy atom. The predicted octanol–water partition coefficient (Wildman–Crippen LogP) is 6.76. The maximum Gasteiger partial charge on any atom is 0.343 e. The summed E-state index contributed by atoms with van der Waals surface area (Å²) in [5, 5.41) is 2.88. The van der Waals surface area contributed by atoms with Crippen LogP contribution in [-0.4, -0.2) is 30.1 Å². The van der Waals surface area contributed by atoms with Crippen LogP contribution in [0.4, 0.5) is 5.69 Å². The Morgan fingerprint density at radius 2 is 1.44 bits per heavy atom. The number of hydrogen-bond acceptors (Lipinski definition) is 7. The number of anilines is 1. The summed E-state index contributed by atoms with van der Waals surface area (Å²) in [6.07, 6.45) is 0. The Balaban J connectivity index is 1.44. The van der Waals surface area contributed by atoms with E-state index in [1.807, 2.05) is 32.0 Å². The number of oxazole rings is 1. The topological polar surface area (TPSA) is 99.9 Å². The van der Waals surface area contributed by atoms with Crippen LogP contribution in [0, 0.1) is 0 Å². The number of ether oxygens (including phenoxy) is 3. The van der Waals surface area contributed by atoms with Gasteiger partial charge in [-0.05, 0) is 92.7 Å². The highest BCUT2D eigenvalue weighted by Gasteiger charge is 2.19. The number of hydrogen-bond donors (Lipinski definition) is 1. The summed E-state index contributed by atoms with van der Waals surface area (Å²) in [4.78, 5) is 30.4. The predicted molar refractivity (Wildman–Crippen MR) is 148 cm³/mol. The Morgan fingerprint density at radius 1 is 0.795 bits per heavy atom. The molecule has 0 atom stereocenters. The van der Waals surface area contributed by atoms with E-state index < -0.39 is 5.97 Å². The fourth-order valence-electron chi connectivity index (χ4n) is 3.94. The minimum Gasteiger partial charge on any atom is -0.494 e. The van der Waals surface area contributed by atoms with E-state index in [0.717, 1.165) is 0 Å². The molecule has 1 aromatic heterocycles. The zero-order chi connectivity index (χ0) is 27.2. The van der Waals surface area contributed by atoms with Gasteiger partial charge in [0.15, 0.2) is 5.58 Å². The number of benzene rings is 4. The van der Waals surface area contributed by atoms with Crippen molar-refractivity contribution in [3.8, 4) is 28.7 Å². The SMILES string of the molecule is CCOc1ccc(C(=O)Nc2ccc(OC(=O)c3ccc(OCC)cc3)c(-c3nc4ccccc4o3)c2)cc1. The molecule has 0 spiro atoms. The molecule has 39 heavy (non-hydrogen) atoms. The second-order valence-electron chi connectivity index (χ2n) is 8.46. The standard InChI is InChI=1S/C31H26N2O6/c1-3-36-23-14-9-20(10-15-23)29(34)32-22-13-18-27(39-31(35)21-11-16-24(17-12-21)37-4-2)25(19-22)30-33-26-7-5-6-8-28(26)38-30/h5-19H,3-4H2,1-2H3,(H,32,34). The van der Waals surface area contributed by atoms with E-state index in [1.54, 1.807) is 72.8 Å². The van der Waals surface area contributed by atoms with Gasteiger partial charge < -0.3 is 23.9 Å². The second-order valence-corrected chi connectivity index (χ2v) is 8.46. The quantitative estimate of drug-likeness (QED) is 0.169. The fraction of sp³-hybridized carbons (Fsp3) is 0.129. The molecule has 0 fully saturated rings. The number of nitrogens with one attached hydrogen (secondary N) is 1. The molecule has 0 aliphatic carbocycles. The lowest BCUT2D eigenvalue weighted by Crippen LogP contribution is -2.13. The van der Waals surface area contributed by atoms with Crippen molar-refractivity contribution in [2.24, 2.45) is 0 Å². The van der Waals surface area contributed by atoms with Crippen LogP contribution in [0.25, 0.3) is 22.6 Å². The van der Waals surface area contributed by atoms with Crippen molar-refractivity contribution in [1.29, 1.82) is 0 Å². The number of amides is 1. The Hall–Kier alpha value is -5.11. The van der Waals surface area contributed by atoms with E-state index in [4.69, 9.17) is 18.6 Å². The molecule has 1 heterocycles. The number of esters is 1. The third kappa shape index (κ3) is 5.91. The fourth-order valence-corrected chi connectivity index (χ4v) is 3.94. The van der Waals surface area contributed by atoms with Gasteiger partial charge in [-0.15, -0.1) is 0 Å². The summed E-state index contributed by atoms with van der Waals surface area (Å²) in [7, 11) is 0. The van der Waals surface area contributed by atoms with Crippen molar-refractivity contribution in [2.45, 2.75) is 13.8 Å². The molecule has 0 saturated heterocycles. The maximum atomic E-state index is 13.0. The van der Waals surface area contributed by atoms with Crippen LogP contribution >= 0.6 is 0 Å². The number of carbonyl (C=O) groups is 2. The minimum atomic E-state index is -0.554. The average Bonchev–Trinajstić information content (AvgIpc) is 3.39. The first-order chi connectivity index (χ1) is 19.0. The van der Waals surface area contributed by atoms with Gasteiger partial charge in [0.05, 0.1) is 24.3 Å². The highest BCUT2D eigenvalue weighted by Crippen LogP contribution is 2.35. The molecule has 1 amide bonds. The van der Waals surface area contributed by atoms with Gasteiger partial charge in [-0.2, -0.15) is 0 Å². The van der Waals surface area contributed by atoms with Crippen molar-refractivity contribution in [3.05, 3.63) is 102 Å². The van der Waals surface area contributed by atoms with Gasteiger partial charge in [-0.3, -0.25) is 4.79 Å². The molecule has 4 aromatic carbocycles. The van der Waals surface area contributed by atoms with Crippen LogP contribution in [0.5, 0.6) is 17.2 Å². The van der Waals surface area contributed by atoms with Gasteiger partial charge in [-0.1, -0.05) is 12.1 Å². The monoisotopic (exact) mass is 522 g/mol. The second kappa shape index (κ2) is 11.5. The number of nitrogens with zero attached hydrogens (tertiary/aromatic N) is 1. The normalized spacial score (nSPS) is 10.7. The van der Waals surface area contributed by atoms with Gasteiger partial charge in [0.1, 0.15) is 22.8 Å². The summed E-state index contributed by atoms with van der Waals surface area (Å²) in [6, 6.07) is 25.8. The number of rotatable bonds is 9. The van der Waals surface area contributed by atoms with E-state index in [9.17, 15) is 9.59 Å². The third-order valence-electron chi connectivity index (χ3n) is 5.79. The molecule has 5 aromatic rings. The largest absolute Gasteiger partial charge is 0.494 e. The van der Waals surface area contributed by atoms with E-state index >= 15 is 0 Å². The first-order valence-electron chi connectivity index (χ1n) is 12.5. The van der Waals surface area contributed by atoms with Crippen molar-refractivity contribution in [2.75, 3.05) is 18.5 Å². The summed E-state index contributed by atoms with van der Waals surface area (Å²) in [6.45, 7) is 4.85. The molecular formula is C31H26N2O6. The molecular weight excluding hydrogens is 496 g/mol. The van der Waals surface area contributed by atoms with Gasteiger partial charge in [0, 0.05) is 11.3 Å². The molecule has 0 bridgehead atoms. The molecule has 1 N–H and O–H groups in total. The van der Waals surface area contributed by atoms with Crippen LogP contribution in [0.15, 0.2) is 95.4 Å². The summed E-state index contributed by atoms with van der Waals surface area (Å²) in [5.74, 6) is 0.976. The lowest BCUT2D eigenvalue weighted by molar-refractivity contribution is 0.0735. The molecule has 8 heteroatoms. The van der Waals surface area contributed by atoms with Crippen molar-refractivity contribution >= 4 is 28.7 Å². The van der Waals surface area contributed by atoms with Crippen molar-refractivity contribution in [1.82, 2.24) is 4.98 Å². The third-order valence-corrected chi connectivity index (χ3v) is 5.79. The Kier molecular flexibility index (Phi) is 7.54. The number of para-hydroxylation sites is 2. The van der Waals surface area contributed by atoms with Gasteiger partial charge in [-0.25, -0.2) is 9.78 Å². The van der Waals surface area contributed by atoms with Crippen LogP contribution in [0.3, 0.4) is 0 Å². The lowest BCUT2D eigenvalue weighted by Gasteiger charge is -2.12. The van der Waals surface area contributed by atoms with Crippen LogP contribution in [-0.2, 0) is 0 Å². The molecule has 0 saturated carbocycles. The highest BCUT2D eigenvalue weighted by atomic mass is 16.5. The molecule has 0 aliphatic rings. The van der Waals surface area contributed by atoms with Crippen molar-refractivity contribution < 1.29 is 28.2 Å². The van der Waals surface area contributed by atoms with Crippen LogP contribution < -0.4 is 19.5 Å². The average molecular weight is 523 g/mol. The molecule has 196 valence electrons. The number of fused-ring (bicyclic) bond motifs is 1. The van der Waals surface area contributed by atoms with E-state index in [-0.39, 0.29) is 17.5 Å². The van der Waals surface area contributed by atoms with Gasteiger partial charge >= 0.3 is 5.97 Å². The summed E-state index contributed by atoms with van der Waals surface area (Å²) >= 11 is 0. The van der Waals surface area contributed by atoms with Crippen molar-refractivity contribution in [3.63, 3.8) is 0 Å².